The molecular formula is C32H46O5S2Si. The third-order valence-corrected chi connectivity index (χ3v) is 15.4. The van der Waals surface area contributed by atoms with Crippen LogP contribution in [0.1, 0.15) is 66.6 Å². The highest BCUT2D eigenvalue weighted by Gasteiger charge is 2.57. The lowest BCUT2D eigenvalue weighted by Crippen LogP contribution is -2.55. The number of rotatable bonds is 9. The molecule has 0 spiro atoms. The van der Waals surface area contributed by atoms with Crippen molar-refractivity contribution in [2.24, 2.45) is 5.41 Å². The highest BCUT2D eigenvalue weighted by molar-refractivity contribution is 8.20. The number of hydrogen-bond acceptors (Lipinski definition) is 7. The minimum atomic E-state index is -2.40. The minimum Gasteiger partial charge on any atom is -0.464 e. The highest BCUT2D eigenvalue weighted by Crippen LogP contribution is 2.53. The van der Waals surface area contributed by atoms with Crippen LogP contribution in [0, 0.1) is 5.41 Å². The number of esters is 2. The predicted octanol–water partition coefficient (Wildman–Crippen LogP) is 8.50. The first-order valence-corrected chi connectivity index (χ1v) is 19.0. The smallest absolute Gasteiger partial charge is 0.336 e. The predicted molar refractivity (Wildman–Crippen MR) is 171 cm³/mol. The molecular weight excluding hydrogens is 557 g/mol. The van der Waals surface area contributed by atoms with Crippen molar-refractivity contribution in [3.05, 3.63) is 60.2 Å². The van der Waals surface area contributed by atoms with E-state index in [1.807, 2.05) is 45.9 Å². The Morgan fingerprint density at radius 3 is 1.95 bits per heavy atom. The largest absolute Gasteiger partial charge is 0.464 e. The molecule has 3 rings (SSSR count). The molecule has 1 aliphatic heterocycles. The number of ether oxygens (including phenoxy) is 2. The fourth-order valence-electron chi connectivity index (χ4n) is 4.10. The Morgan fingerprint density at radius 1 is 0.900 bits per heavy atom. The van der Waals surface area contributed by atoms with E-state index in [1.165, 1.54) is 23.5 Å². The van der Waals surface area contributed by atoms with Crippen LogP contribution in [0.15, 0.2) is 54.6 Å². The lowest BCUT2D eigenvalue weighted by Gasteiger charge is -2.47. The highest BCUT2D eigenvalue weighted by atomic mass is 32.2. The first kappa shape index (κ1) is 32.8. The van der Waals surface area contributed by atoms with Crippen LogP contribution < -0.4 is 0 Å². The second-order valence-electron chi connectivity index (χ2n) is 12.8. The molecule has 0 aliphatic carbocycles. The number of carbonyl (C=O) groups is 2. The molecule has 1 aliphatic rings. The molecule has 8 heteroatoms. The molecule has 0 aromatic heterocycles. The van der Waals surface area contributed by atoms with Crippen LogP contribution in [0.25, 0.3) is 11.1 Å². The molecule has 1 heterocycles. The maximum absolute atomic E-state index is 13.8. The van der Waals surface area contributed by atoms with Gasteiger partial charge in [0.1, 0.15) is 6.10 Å². The molecule has 0 radical (unpaired) electrons. The van der Waals surface area contributed by atoms with Crippen LogP contribution in [-0.4, -0.2) is 48.6 Å². The lowest BCUT2D eigenvalue weighted by atomic mass is 9.95. The second-order valence-corrected chi connectivity index (χ2v) is 20.5. The van der Waals surface area contributed by atoms with Gasteiger partial charge in [-0.2, -0.15) is 0 Å². The van der Waals surface area contributed by atoms with Gasteiger partial charge < -0.3 is 13.9 Å². The summed E-state index contributed by atoms with van der Waals surface area (Å²) in [5.41, 5.74) is 2.33. The third kappa shape index (κ3) is 7.55. The summed E-state index contributed by atoms with van der Waals surface area (Å²) in [6.07, 6.45) is -0.569. The van der Waals surface area contributed by atoms with E-state index in [9.17, 15) is 9.59 Å². The van der Waals surface area contributed by atoms with Crippen molar-refractivity contribution in [3.63, 3.8) is 0 Å². The quantitative estimate of drug-likeness (QED) is 0.211. The molecule has 1 unspecified atom stereocenters. The van der Waals surface area contributed by atoms with Crippen LogP contribution >= 0.6 is 23.5 Å². The van der Waals surface area contributed by atoms with Crippen LogP contribution in [0.3, 0.4) is 0 Å². The Morgan fingerprint density at radius 2 is 1.45 bits per heavy atom. The Labute approximate surface area is 250 Å². The Balaban J connectivity index is 2.21. The van der Waals surface area contributed by atoms with Crippen molar-refractivity contribution in [1.29, 1.82) is 0 Å². The van der Waals surface area contributed by atoms with Crippen molar-refractivity contribution >= 4 is 43.8 Å². The Bertz CT molecular complexity index is 1130. The molecule has 0 bridgehead atoms. The Hall–Kier alpha value is -1.74. The average Bonchev–Trinajstić information content (AvgIpc) is 2.90. The van der Waals surface area contributed by atoms with Crippen molar-refractivity contribution in [3.8, 4) is 11.1 Å². The summed E-state index contributed by atoms with van der Waals surface area (Å²) >= 11 is 3.05. The minimum absolute atomic E-state index is 0.0994. The number of hydrogen-bond donors (Lipinski definition) is 0. The van der Waals surface area contributed by atoms with Gasteiger partial charge in [0.15, 0.2) is 18.5 Å². The first-order chi connectivity index (χ1) is 18.6. The summed E-state index contributed by atoms with van der Waals surface area (Å²) in [7, 11) is -2.40. The van der Waals surface area contributed by atoms with Crippen molar-refractivity contribution in [2.75, 3.05) is 18.1 Å². The average molecular weight is 603 g/mol. The van der Waals surface area contributed by atoms with E-state index >= 15 is 0 Å². The van der Waals surface area contributed by atoms with Crippen molar-refractivity contribution < 1.29 is 23.5 Å². The van der Waals surface area contributed by atoms with Gasteiger partial charge >= 0.3 is 11.9 Å². The number of benzene rings is 2. The van der Waals surface area contributed by atoms with E-state index in [2.05, 4.69) is 70.3 Å². The van der Waals surface area contributed by atoms with Gasteiger partial charge in [-0.3, -0.25) is 4.79 Å². The van der Waals surface area contributed by atoms with Crippen molar-refractivity contribution in [1.82, 2.24) is 0 Å². The molecule has 220 valence electrons. The van der Waals surface area contributed by atoms with Gasteiger partial charge in [-0.05, 0) is 80.4 Å². The van der Waals surface area contributed by atoms with Crippen LogP contribution in [0.5, 0.6) is 0 Å². The zero-order valence-electron chi connectivity index (χ0n) is 25.5. The summed E-state index contributed by atoms with van der Waals surface area (Å²) in [5, 5.41) is -0.0994. The monoisotopic (exact) mass is 602 g/mol. The Kier molecular flexibility index (Phi) is 10.7. The fourth-order valence-corrected chi connectivity index (χ4v) is 8.58. The zero-order valence-corrected chi connectivity index (χ0v) is 28.2. The summed E-state index contributed by atoms with van der Waals surface area (Å²) in [6.45, 7) is 18.5. The number of carbonyl (C=O) groups excluding carboxylic acids is 2. The van der Waals surface area contributed by atoms with Gasteiger partial charge in [0.25, 0.3) is 0 Å². The molecule has 40 heavy (non-hydrogen) atoms. The van der Waals surface area contributed by atoms with Crippen LogP contribution in [0.4, 0.5) is 0 Å². The second kappa shape index (κ2) is 13.1. The summed E-state index contributed by atoms with van der Waals surface area (Å²) in [6, 6.07) is 18.5. The summed E-state index contributed by atoms with van der Waals surface area (Å²) < 4.78 is 18.1. The van der Waals surface area contributed by atoms with E-state index < -0.39 is 30.0 Å². The maximum Gasteiger partial charge on any atom is 0.336 e. The maximum atomic E-state index is 13.8. The van der Waals surface area contributed by atoms with E-state index in [0.717, 1.165) is 34.6 Å². The van der Waals surface area contributed by atoms with E-state index in [4.69, 9.17) is 13.9 Å². The van der Waals surface area contributed by atoms with E-state index in [-0.39, 0.29) is 23.6 Å². The van der Waals surface area contributed by atoms with Crippen molar-refractivity contribution in [2.45, 2.75) is 89.3 Å². The zero-order chi connectivity index (χ0) is 29.8. The van der Waals surface area contributed by atoms with Gasteiger partial charge in [-0.25, -0.2) is 4.79 Å². The fraction of sp³-hybridized carbons (Fsp3) is 0.562. The van der Waals surface area contributed by atoms with Crippen LogP contribution in [0.2, 0.25) is 18.1 Å². The third-order valence-electron chi connectivity index (χ3n) is 7.55. The molecule has 0 N–H and O–H groups in total. The summed E-state index contributed by atoms with van der Waals surface area (Å²) in [4.78, 5) is 27.4. The molecule has 5 nitrogen and oxygen atoms in total. The molecule has 2 aromatic carbocycles. The van der Waals surface area contributed by atoms with Gasteiger partial charge in [0.05, 0.1) is 12.0 Å². The standard InChI is InChI=1S/C32H46O5S2Si/c1-10-35-29(34)32(38-21-14-22-39-32)27(36-28(33)30(2,3)4)26(37-40(8,9)31(5,6)7)25-19-17-24(18-20-25)23-15-12-11-13-16-23/h11-13,15-20,26-27H,10,14,21-22H2,1-9H3/t26-,27?/m0/s1. The molecule has 1 fully saturated rings. The van der Waals surface area contributed by atoms with Crippen LogP contribution in [-0.2, 0) is 23.5 Å². The summed E-state index contributed by atoms with van der Waals surface area (Å²) in [5.74, 6) is 0.823. The molecule has 0 amide bonds. The lowest BCUT2D eigenvalue weighted by molar-refractivity contribution is -0.169. The molecule has 2 atom stereocenters. The van der Waals surface area contributed by atoms with Gasteiger partial charge in [0, 0.05) is 0 Å². The molecule has 1 saturated heterocycles. The number of thioether (sulfide) groups is 2. The SMILES string of the molecule is CCOC(=O)C1(C(OC(=O)C(C)(C)C)[C@@H](O[Si](C)(C)C(C)(C)C)c2ccc(-c3ccccc3)cc2)SCCCS1. The topological polar surface area (TPSA) is 61.8 Å². The van der Waals surface area contributed by atoms with Gasteiger partial charge in [0.2, 0.25) is 0 Å². The van der Waals surface area contributed by atoms with Gasteiger partial charge in [-0.15, -0.1) is 23.5 Å². The van der Waals surface area contributed by atoms with E-state index in [0.29, 0.717) is 0 Å². The molecule has 0 saturated carbocycles. The first-order valence-electron chi connectivity index (χ1n) is 14.1. The molecule has 2 aromatic rings. The van der Waals surface area contributed by atoms with Gasteiger partial charge in [-0.1, -0.05) is 75.4 Å². The van der Waals surface area contributed by atoms with E-state index in [1.54, 1.807) is 0 Å². The normalized spacial score (nSPS) is 17.5.